The molecule has 7 nitrogen and oxygen atoms in total. The van der Waals surface area contributed by atoms with E-state index in [1.54, 1.807) is 0 Å². The standard InChI is InChI=1S/C13H15N3O4/c14-13(18)10-3-4-11(12(6-10)16(19)20)15-5-1-2-9(7-15)8-17/h3-4,6,8-9H,1-2,5,7H2,(H2,14,18). The highest BCUT2D eigenvalue weighted by Crippen LogP contribution is 2.32. The van der Waals surface area contributed by atoms with E-state index < -0.39 is 10.8 Å². The lowest BCUT2D eigenvalue weighted by Gasteiger charge is -2.31. The van der Waals surface area contributed by atoms with Gasteiger partial charge in [-0.25, -0.2) is 0 Å². The summed E-state index contributed by atoms with van der Waals surface area (Å²) in [5.74, 6) is -0.816. The summed E-state index contributed by atoms with van der Waals surface area (Å²) in [6, 6.07) is 4.17. The zero-order chi connectivity index (χ0) is 14.7. The molecule has 1 fully saturated rings. The summed E-state index contributed by atoms with van der Waals surface area (Å²) in [5.41, 5.74) is 5.50. The number of hydrogen-bond donors (Lipinski definition) is 1. The van der Waals surface area contributed by atoms with Crippen LogP contribution in [0.4, 0.5) is 11.4 Å². The van der Waals surface area contributed by atoms with Gasteiger partial charge in [-0.05, 0) is 25.0 Å². The second-order valence-electron chi connectivity index (χ2n) is 4.81. The Labute approximate surface area is 115 Å². The van der Waals surface area contributed by atoms with Crippen LogP contribution in [0.25, 0.3) is 0 Å². The van der Waals surface area contributed by atoms with Gasteiger partial charge in [0, 0.05) is 30.6 Å². The van der Waals surface area contributed by atoms with Crippen LogP contribution in [-0.4, -0.2) is 30.2 Å². The van der Waals surface area contributed by atoms with Crippen LogP contribution in [-0.2, 0) is 4.79 Å². The molecule has 7 heteroatoms. The van der Waals surface area contributed by atoms with Crippen LogP contribution in [0.1, 0.15) is 23.2 Å². The molecule has 0 bridgehead atoms. The van der Waals surface area contributed by atoms with E-state index in [0.717, 1.165) is 19.1 Å². The predicted molar refractivity (Wildman–Crippen MR) is 72.6 cm³/mol. The Bertz CT molecular complexity index is 559. The van der Waals surface area contributed by atoms with Gasteiger partial charge in [0.1, 0.15) is 12.0 Å². The molecule has 1 aromatic rings. The van der Waals surface area contributed by atoms with Gasteiger partial charge < -0.3 is 15.4 Å². The second-order valence-corrected chi connectivity index (χ2v) is 4.81. The van der Waals surface area contributed by atoms with Crippen molar-refractivity contribution in [2.75, 3.05) is 18.0 Å². The molecule has 1 aliphatic rings. The highest BCUT2D eigenvalue weighted by Gasteiger charge is 2.26. The zero-order valence-corrected chi connectivity index (χ0v) is 10.8. The number of anilines is 1. The number of nitrogens with zero attached hydrogens (tertiary/aromatic N) is 2. The number of amides is 1. The summed E-state index contributed by atoms with van der Waals surface area (Å²) in [6.07, 6.45) is 2.49. The first-order valence-corrected chi connectivity index (χ1v) is 6.31. The lowest BCUT2D eigenvalue weighted by Crippen LogP contribution is -2.36. The number of hydrogen-bond acceptors (Lipinski definition) is 5. The number of benzene rings is 1. The van der Waals surface area contributed by atoms with E-state index >= 15 is 0 Å². The zero-order valence-electron chi connectivity index (χ0n) is 10.8. The van der Waals surface area contributed by atoms with Crippen LogP contribution >= 0.6 is 0 Å². The number of nitrogens with two attached hydrogens (primary N) is 1. The number of piperidine rings is 1. The quantitative estimate of drug-likeness (QED) is 0.504. The van der Waals surface area contributed by atoms with Gasteiger partial charge in [-0.2, -0.15) is 0 Å². The van der Waals surface area contributed by atoms with Gasteiger partial charge in [0.2, 0.25) is 5.91 Å². The summed E-state index contributed by atoms with van der Waals surface area (Å²) in [5, 5.41) is 11.1. The van der Waals surface area contributed by atoms with Gasteiger partial charge in [0.15, 0.2) is 0 Å². The molecule has 0 saturated carbocycles. The first-order valence-electron chi connectivity index (χ1n) is 6.31. The van der Waals surface area contributed by atoms with Crippen molar-refractivity contribution >= 4 is 23.6 Å². The maximum atomic E-state index is 11.1. The van der Waals surface area contributed by atoms with Crippen LogP contribution < -0.4 is 10.6 Å². The van der Waals surface area contributed by atoms with E-state index in [2.05, 4.69) is 0 Å². The summed E-state index contributed by atoms with van der Waals surface area (Å²) >= 11 is 0. The van der Waals surface area contributed by atoms with Gasteiger partial charge in [-0.3, -0.25) is 14.9 Å². The predicted octanol–water partition coefficient (Wildman–Crippen LogP) is 1.11. The number of primary amides is 1. The highest BCUT2D eigenvalue weighted by atomic mass is 16.6. The van der Waals surface area contributed by atoms with E-state index in [1.165, 1.54) is 18.2 Å². The van der Waals surface area contributed by atoms with Crippen molar-refractivity contribution in [3.8, 4) is 0 Å². The van der Waals surface area contributed by atoms with Crippen LogP contribution in [0, 0.1) is 16.0 Å². The molecule has 1 aliphatic heterocycles. The normalized spacial score (nSPS) is 18.6. The molecule has 2 N–H and O–H groups in total. The molecule has 1 saturated heterocycles. The fourth-order valence-corrected chi connectivity index (χ4v) is 2.43. The Balaban J connectivity index is 2.37. The van der Waals surface area contributed by atoms with Crippen molar-refractivity contribution in [1.82, 2.24) is 0 Å². The Hall–Kier alpha value is -2.44. The molecule has 1 heterocycles. The van der Waals surface area contributed by atoms with Crippen molar-refractivity contribution < 1.29 is 14.5 Å². The fraction of sp³-hybridized carbons (Fsp3) is 0.385. The SMILES string of the molecule is NC(=O)c1ccc(N2CCCC(C=O)C2)c([N+](=O)[O-])c1. The topological polar surface area (TPSA) is 107 Å². The fourth-order valence-electron chi connectivity index (χ4n) is 2.43. The minimum Gasteiger partial charge on any atom is -0.366 e. The highest BCUT2D eigenvalue weighted by molar-refractivity contribution is 5.94. The van der Waals surface area contributed by atoms with Gasteiger partial charge in [-0.1, -0.05) is 0 Å². The molecule has 0 radical (unpaired) electrons. The molecule has 106 valence electrons. The number of carbonyl (C=O) groups is 2. The molecule has 0 spiro atoms. The molecule has 1 atom stereocenters. The Morgan fingerprint density at radius 3 is 2.85 bits per heavy atom. The maximum Gasteiger partial charge on any atom is 0.293 e. The first kappa shape index (κ1) is 14.0. The average molecular weight is 277 g/mol. The number of rotatable bonds is 4. The molecular formula is C13H15N3O4. The van der Waals surface area contributed by atoms with Crippen LogP contribution in [0.15, 0.2) is 18.2 Å². The van der Waals surface area contributed by atoms with Crippen molar-refractivity contribution in [2.24, 2.45) is 11.7 Å². The van der Waals surface area contributed by atoms with Crippen molar-refractivity contribution in [3.05, 3.63) is 33.9 Å². The molecule has 2 rings (SSSR count). The first-order chi connectivity index (χ1) is 9.52. The van der Waals surface area contributed by atoms with Crippen molar-refractivity contribution in [1.29, 1.82) is 0 Å². The number of nitro groups is 1. The molecule has 0 aliphatic carbocycles. The molecule has 1 amide bonds. The molecular weight excluding hydrogens is 262 g/mol. The third-order valence-electron chi connectivity index (χ3n) is 3.45. The van der Waals surface area contributed by atoms with Crippen LogP contribution in [0.2, 0.25) is 0 Å². The van der Waals surface area contributed by atoms with E-state index in [4.69, 9.17) is 5.73 Å². The lowest BCUT2D eigenvalue weighted by molar-refractivity contribution is -0.384. The Kier molecular flexibility index (Phi) is 3.97. The second kappa shape index (κ2) is 5.68. The molecule has 1 aromatic carbocycles. The molecule has 1 unspecified atom stereocenters. The summed E-state index contributed by atoms with van der Waals surface area (Å²) in [6.45, 7) is 1.11. The van der Waals surface area contributed by atoms with Gasteiger partial charge in [0.25, 0.3) is 5.69 Å². The van der Waals surface area contributed by atoms with E-state index in [1.807, 2.05) is 4.90 Å². The smallest absolute Gasteiger partial charge is 0.293 e. The third-order valence-corrected chi connectivity index (χ3v) is 3.45. The summed E-state index contributed by atoms with van der Waals surface area (Å²) < 4.78 is 0. The lowest BCUT2D eigenvalue weighted by atomic mass is 9.98. The summed E-state index contributed by atoms with van der Waals surface area (Å²) in [4.78, 5) is 34.4. The van der Waals surface area contributed by atoms with Gasteiger partial charge >= 0.3 is 0 Å². The Morgan fingerprint density at radius 2 is 2.25 bits per heavy atom. The number of nitro benzene ring substituents is 1. The Morgan fingerprint density at radius 1 is 1.50 bits per heavy atom. The van der Waals surface area contributed by atoms with E-state index in [0.29, 0.717) is 18.8 Å². The van der Waals surface area contributed by atoms with Crippen molar-refractivity contribution in [2.45, 2.75) is 12.8 Å². The average Bonchev–Trinajstić information content (AvgIpc) is 2.46. The minimum atomic E-state index is -0.705. The van der Waals surface area contributed by atoms with E-state index in [9.17, 15) is 19.7 Å². The van der Waals surface area contributed by atoms with Crippen molar-refractivity contribution in [3.63, 3.8) is 0 Å². The number of carbonyl (C=O) groups excluding carboxylic acids is 2. The van der Waals surface area contributed by atoms with Crippen LogP contribution in [0.5, 0.6) is 0 Å². The molecule has 20 heavy (non-hydrogen) atoms. The monoisotopic (exact) mass is 277 g/mol. The van der Waals surface area contributed by atoms with Gasteiger partial charge in [-0.15, -0.1) is 0 Å². The summed E-state index contributed by atoms with van der Waals surface area (Å²) in [7, 11) is 0. The minimum absolute atomic E-state index is 0.101. The number of aldehydes is 1. The van der Waals surface area contributed by atoms with Gasteiger partial charge in [0.05, 0.1) is 4.92 Å². The molecule has 0 aromatic heterocycles. The maximum absolute atomic E-state index is 11.1. The largest absolute Gasteiger partial charge is 0.366 e. The van der Waals surface area contributed by atoms with Crippen LogP contribution in [0.3, 0.4) is 0 Å². The third kappa shape index (κ3) is 2.76. The van der Waals surface area contributed by atoms with E-state index in [-0.39, 0.29) is 17.2 Å².